The van der Waals surface area contributed by atoms with Crippen molar-refractivity contribution in [2.45, 2.75) is 23.9 Å². The Balaban J connectivity index is 2.07. The lowest BCUT2D eigenvalue weighted by atomic mass is 10.3. The number of nitrogens with zero attached hydrogens (tertiary/aromatic N) is 1. The van der Waals surface area contributed by atoms with E-state index in [-0.39, 0.29) is 29.0 Å². The number of aryl methyl sites for hydroxylation is 1. The van der Waals surface area contributed by atoms with Crippen molar-refractivity contribution in [2.75, 3.05) is 0 Å². The molecule has 0 unspecified atom stereocenters. The minimum absolute atomic E-state index is 0.0574. The molecule has 2 aromatic rings. The summed E-state index contributed by atoms with van der Waals surface area (Å²) in [5.41, 5.74) is -3.61. The smallest absolute Gasteiger partial charge is 0.446 e. The maximum atomic E-state index is 12.4. The van der Waals surface area contributed by atoms with E-state index in [1.807, 2.05) is 12.3 Å². The van der Waals surface area contributed by atoms with Crippen LogP contribution in [0, 0.1) is 6.92 Å². The van der Waals surface area contributed by atoms with Crippen molar-refractivity contribution in [1.29, 1.82) is 0 Å². The largest absolute Gasteiger partial charge is 0.486 e. The summed E-state index contributed by atoms with van der Waals surface area (Å²) in [6.45, 7) is 2.03. The van der Waals surface area contributed by atoms with Gasteiger partial charge in [0.05, 0.1) is 15.6 Å². The van der Waals surface area contributed by atoms with Crippen molar-refractivity contribution in [3.63, 3.8) is 0 Å². The normalized spacial score (nSPS) is 11.6. The summed E-state index contributed by atoms with van der Waals surface area (Å²) >= 11 is 1.30. The van der Waals surface area contributed by atoms with Crippen molar-refractivity contribution < 1.29 is 17.9 Å². The first kappa shape index (κ1) is 14.2. The Morgan fingerprint density at radius 1 is 1.32 bits per heavy atom. The van der Waals surface area contributed by atoms with Gasteiger partial charge in [-0.05, 0) is 30.8 Å². The fourth-order valence-electron chi connectivity index (χ4n) is 1.40. The number of thioether (sulfide) groups is 1. The van der Waals surface area contributed by atoms with E-state index < -0.39 is 5.51 Å². The molecule has 2 rings (SSSR count). The number of alkyl halides is 3. The SMILES string of the molecule is Cc1nc(COc2ccccc2SC(F)(F)F)cs1. The first-order valence-corrected chi connectivity index (χ1v) is 7.02. The monoisotopic (exact) mass is 305 g/mol. The lowest BCUT2D eigenvalue weighted by Gasteiger charge is -2.11. The van der Waals surface area contributed by atoms with Crippen LogP contribution in [0.4, 0.5) is 13.2 Å². The zero-order chi connectivity index (χ0) is 13.9. The highest BCUT2D eigenvalue weighted by Crippen LogP contribution is 2.41. The molecule has 0 aliphatic heterocycles. The molecule has 0 saturated carbocycles. The third-order valence-electron chi connectivity index (χ3n) is 2.12. The van der Waals surface area contributed by atoms with Gasteiger partial charge in [-0.2, -0.15) is 13.2 Å². The Labute approximate surface area is 116 Å². The van der Waals surface area contributed by atoms with Crippen LogP contribution in [0.5, 0.6) is 5.75 Å². The van der Waals surface area contributed by atoms with Crippen molar-refractivity contribution in [1.82, 2.24) is 4.98 Å². The van der Waals surface area contributed by atoms with Gasteiger partial charge in [0.15, 0.2) is 0 Å². The zero-order valence-corrected chi connectivity index (χ0v) is 11.5. The van der Waals surface area contributed by atoms with Crippen molar-refractivity contribution in [3.05, 3.63) is 40.3 Å². The van der Waals surface area contributed by atoms with E-state index in [1.165, 1.54) is 23.5 Å². The highest BCUT2D eigenvalue weighted by Gasteiger charge is 2.30. The molecule has 0 bridgehead atoms. The zero-order valence-electron chi connectivity index (χ0n) is 9.90. The Bertz CT molecular complexity index is 554. The molecule has 0 aliphatic rings. The third-order valence-corrected chi connectivity index (χ3v) is 3.73. The topological polar surface area (TPSA) is 22.1 Å². The molecule has 0 radical (unpaired) electrons. The number of benzene rings is 1. The molecule has 0 atom stereocenters. The molecule has 1 aromatic carbocycles. The molecule has 1 aromatic heterocycles. The molecule has 1 heterocycles. The van der Waals surface area contributed by atoms with Crippen LogP contribution in [-0.4, -0.2) is 10.5 Å². The summed E-state index contributed by atoms with van der Waals surface area (Å²) in [5.74, 6) is 0.218. The molecule has 7 heteroatoms. The fourth-order valence-corrected chi connectivity index (χ4v) is 2.63. The maximum Gasteiger partial charge on any atom is 0.446 e. The number of thiazole rings is 1. The van der Waals surface area contributed by atoms with Crippen LogP contribution in [-0.2, 0) is 6.61 Å². The Kier molecular flexibility index (Phi) is 4.36. The minimum Gasteiger partial charge on any atom is -0.486 e. The quantitative estimate of drug-likeness (QED) is 0.768. The predicted molar refractivity (Wildman–Crippen MR) is 69.5 cm³/mol. The molecule has 19 heavy (non-hydrogen) atoms. The summed E-state index contributed by atoms with van der Waals surface area (Å²) in [4.78, 5) is 4.25. The van der Waals surface area contributed by atoms with Gasteiger partial charge in [-0.3, -0.25) is 0 Å². The van der Waals surface area contributed by atoms with Gasteiger partial charge in [-0.15, -0.1) is 11.3 Å². The average Bonchev–Trinajstić information content (AvgIpc) is 2.72. The van der Waals surface area contributed by atoms with E-state index in [4.69, 9.17) is 4.74 Å². The molecular weight excluding hydrogens is 295 g/mol. The summed E-state index contributed by atoms with van der Waals surface area (Å²) in [6, 6.07) is 6.10. The molecule has 102 valence electrons. The molecule has 0 spiro atoms. The number of hydrogen-bond acceptors (Lipinski definition) is 4. The van der Waals surface area contributed by atoms with Gasteiger partial charge in [0.2, 0.25) is 0 Å². The highest BCUT2D eigenvalue weighted by molar-refractivity contribution is 8.00. The standard InChI is InChI=1S/C12H10F3NOS2/c1-8-16-9(7-18-8)6-17-10-4-2-3-5-11(10)19-12(13,14)15/h2-5,7H,6H2,1H3. The first-order valence-electron chi connectivity index (χ1n) is 5.32. The number of halogens is 3. The van der Waals surface area contributed by atoms with E-state index in [2.05, 4.69) is 4.98 Å². The summed E-state index contributed by atoms with van der Waals surface area (Å²) in [5, 5.41) is 2.73. The van der Waals surface area contributed by atoms with Gasteiger partial charge >= 0.3 is 5.51 Å². The maximum absolute atomic E-state index is 12.4. The Hall–Kier alpha value is -1.21. The molecule has 0 fully saturated rings. The first-order chi connectivity index (χ1) is 8.94. The minimum atomic E-state index is -4.32. The molecule has 0 aliphatic carbocycles. The van der Waals surface area contributed by atoms with Crippen molar-refractivity contribution >= 4 is 23.1 Å². The summed E-state index contributed by atoms with van der Waals surface area (Å²) in [6.07, 6.45) is 0. The van der Waals surface area contributed by atoms with Crippen LogP contribution in [0.2, 0.25) is 0 Å². The van der Waals surface area contributed by atoms with Gasteiger partial charge in [0.25, 0.3) is 0 Å². The van der Waals surface area contributed by atoms with Gasteiger partial charge in [0.1, 0.15) is 12.4 Å². The number of ether oxygens (including phenoxy) is 1. The summed E-state index contributed by atoms with van der Waals surface area (Å²) in [7, 11) is 0. The van der Waals surface area contributed by atoms with Gasteiger partial charge in [0, 0.05) is 5.38 Å². The van der Waals surface area contributed by atoms with Crippen LogP contribution in [0.25, 0.3) is 0 Å². The lowest BCUT2D eigenvalue weighted by molar-refractivity contribution is -0.0329. The fraction of sp³-hybridized carbons (Fsp3) is 0.250. The van der Waals surface area contributed by atoms with E-state index in [1.54, 1.807) is 12.1 Å². The second-order valence-corrected chi connectivity index (χ2v) is 5.81. The van der Waals surface area contributed by atoms with Gasteiger partial charge < -0.3 is 4.74 Å². The molecule has 0 amide bonds. The van der Waals surface area contributed by atoms with E-state index in [9.17, 15) is 13.2 Å². The second-order valence-electron chi connectivity index (χ2n) is 3.64. The van der Waals surface area contributed by atoms with Crippen molar-refractivity contribution in [2.24, 2.45) is 0 Å². The van der Waals surface area contributed by atoms with Gasteiger partial charge in [-0.25, -0.2) is 4.98 Å². The second kappa shape index (κ2) is 5.83. The Morgan fingerprint density at radius 3 is 2.68 bits per heavy atom. The van der Waals surface area contributed by atoms with Gasteiger partial charge in [-0.1, -0.05) is 12.1 Å². The van der Waals surface area contributed by atoms with E-state index in [0.29, 0.717) is 5.69 Å². The number of hydrogen-bond donors (Lipinski definition) is 0. The number of aromatic nitrogens is 1. The van der Waals surface area contributed by atoms with Crippen LogP contribution in [0.3, 0.4) is 0 Å². The third kappa shape index (κ3) is 4.43. The van der Waals surface area contributed by atoms with E-state index in [0.717, 1.165) is 5.01 Å². The molecule has 0 saturated heterocycles. The van der Waals surface area contributed by atoms with Crippen LogP contribution >= 0.6 is 23.1 Å². The van der Waals surface area contributed by atoms with Crippen molar-refractivity contribution in [3.8, 4) is 5.75 Å². The van der Waals surface area contributed by atoms with Crippen LogP contribution < -0.4 is 4.74 Å². The number of rotatable bonds is 4. The predicted octanol–water partition coefficient (Wildman–Crippen LogP) is 4.64. The molecule has 2 nitrogen and oxygen atoms in total. The average molecular weight is 305 g/mol. The lowest BCUT2D eigenvalue weighted by Crippen LogP contribution is -2.02. The van der Waals surface area contributed by atoms with Crippen LogP contribution in [0.15, 0.2) is 34.5 Å². The Morgan fingerprint density at radius 2 is 2.05 bits per heavy atom. The van der Waals surface area contributed by atoms with E-state index >= 15 is 0 Å². The molecule has 0 N–H and O–H groups in total. The number of para-hydroxylation sites is 1. The molecular formula is C12H10F3NOS2. The van der Waals surface area contributed by atoms with Crippen LogP contribution in [0.1, 0.15) is 10.7 Å². The highest BCUT2D eigenvalue weighted by atomic mass is 32.2. The summed E-state index contributed by atoms with van der Waals surface area (Å²) < 4.78 is 42.6.